The second-order valence-corrected chi connectivity index (χ2v) is 3.89. The number of aryl methyl sites for hydroxylation is 2. The molecule has 0 aliphatic carbocycles. The number of allylic oxidation sites excluding steroid dienone is 2. The van der Waals surface area contributed by atoms with Gasteiger partial charge in [0.15, 0.2) is 0 Å². The van der Waals surface area contributed by atoms with Gasteiger partial charge < -0.3 is 0 Å². The molecule has 0 bridgehead atoms. The van der Waals surface area contributed by atoms with Crippen LogP contribution in [0.15, 0.2) is 35.9 Å². The fourth-order valence-electron chi connectivity index (χ4n) is 1.01. The lowest BCUT2D eigenvalue weighted by atomic mass is 10.1. The second kappa shape index (κ2) is 8.28. The minimum atomic E-state index is 1.14. The molecule has 1 aromatic carbocycles. The zero-order chi connectivity index (χ0) is 11.7. The molecule has 0 nitrogen and oxygen atoms in total. The Hall–Kier alpha value is -1.04. The maximum atomic E-state index is 2.21. The van der Waals surface area contributed by atoms with E-state index in [2.05, 4.69) is 58.0 Å². The quantitative estimate of drug-likeness (QED) is 0.608. The van der Waals surface area contributed by atoms with Gasteiger partial charge in [-0.1, -0.05) is 49.8 Å². The summed E-state index contributed by atoms with van der Waals surface area (Å²) < 4.78 is 0. The van der Waals surface area contributed by atoms with Crippen molar-refractivity contribution in [3.05, 3.63) is 47.0 Å². The SMILES string of the molecule is CC=C(C)C.CCc1ccc(CC)cc1. The fraction of sp³-hybridized carbons (Fsp3) is 0.467. The summed E-state index contributed by atoms with van der Waals surface area (Å²) in [5.41, 5.74) is 4.24. The van der Waals surface area contributed by atoms with Crippen molar-refractivity contribution in [2.45, 2.75) is 47.5 Å². The summed E-state index contributed by atoms with van der Waals surface area (Å²) in [6.07, 6.45) is 4.37. The highest BCUT2D eigenvalue weighted by Crippen LogP contribution is 2.04. The van der Waals surface area contributed by atoms with Gasteiger partial charge in [0, 0.05) is 0 Å². The highest BCUT2D eigenvalue weighted by Gasteiger charge is 1.88. The molecule has 0 amide bonds. The van der Waals surface area contributed by atoms with Crippen LogP contribution < -0.4 is 0 Å². The maximum Gasteiger partial charge on any atom is -0.0307 e. The van der Waals surface area contributed by atoms with E-state index in [4.69, 9.17) is 0 Å². The van der Waals surface area contributed by atoms with Gasteiger partial charge in [0.25, 0.3) is 0 Å². The molecule has 0 fully saturated rings. The van der Waals surface area contributed by atoms with Crippen LogP contribution in [-0.2, 0) is 12.8 Å². The third kappa shape index (κ3) is 6.96. The van der Waals surface area contributed by atoms with E-state index >= 15 is 0 Å². The lowest BCUT2D eigenvalue weighted by Gasteiger charge is -1.97. The van der Waals surface area contributed by atoms with Gasteiger partial charge in [-0.05, 0) is 44.7 Å². The first-order chi connectivity index (χ1) is 7.13. The summed E-state index contributed by atoms with van der Waals surface area (Å²) in [7, 11) is 0. The molecule has 0 radical (unpaired) electrons. The Morgan fingerprint density at radius 2 is 1.20 bits per heavy atom. The topological polar surface area (TPSA) is 0 Å². The van der Waals surface area contributed by atoms with Crippen molar-refractivity contribution in [1.82, 2.24) is 0 Å². The van der Waals surface area contributed by atoms with Gasteiger partial charge in [-0.15, -0.1) is 0 Å². The van der Waals surface area contributed by atoms with Crippen LogP contribution in [0.5, 0.6) is 0 Å². The molecular formula is C15H24. The highest BCUT2D eigenvalue weighted by molar-refractivity contribution is 5.22. The molecule has 0 aromatic heterocycles. The first kappa shape index (κ1) is 14.0. The van der Waals surface area contributed by atoms with Crippen molar-refractivity contribution < 1.29 is 0 Å². The Morgan fingerprint density at radius 1 is 0.933 bits per heavy atom. The van der Waals surface area contributed by atoms with E-state index in [1.54, 1.807) is 0 Å². The molecule has 1 rings (SSSR count). The number of benzene rings is 1. The van der Waals surface area contributed by atoms with Gasteiger partial charge in [0.05, 0.1) is 0 Å². The third-order valence-corrected chi connectivity index (χ3v) is 2.42. The van der Waals surface area contributed by atoms with E-state index in [9.17, 15) is 0 Å². The molecule has 0 N–H and O–H groups in total. The van der Waals surface area contributed by atoms with Crippen molar-refractivity contribution in [3.63, 3.8) is 0 Å². The molecule has 0 unspecified atom stereocenters. The monoisotopic (exact) mass is 204 g/mol. The van der Waals surface area contributed by atoms with Crippen LogP contribution in [-0.4, -0.2) is 0 Å². The first-order valence-electron chi connectivity index (χ1n) is 5.81. The number of hydrogen-bond acceptors (Lipinski definition) is 0. The molecule has 15 heavy (non-hydrogen) atoms. The molecule has 1 aromatic rings. The number of rotatable bonds is 2. The Kier molecular flexibility index (Phi) is 7.71. The van der Waals surface area contributed by atoms with E-state index in [1.165, 1.54) is 16.7 Å². The molecule has 84 valence electrons. The van der Waals surface area contributed by atoms with Crippen LogP contribution in [0.2, 0.25) is 0 Å². The highest BCUT2D eigenvalue weighted by atomic mass is 13.9. The fourth-order valence-corrected chi connectivity index (χ4v) is 1.01. The summed E-state index contributed by atoms with van der Waals surface area (Å²) in [5.74, 6) is 0. The summed E-state index contributed by atoms with van der Waals surface area (Å²) in [6.45, 7) is 10.6. The standard InChI is InChI=1S/C10H14.C5H10/c1-3-9-5-7-10(4-2)8-6-9;1-4-5(2)3/h5-8H,3-4H2,1-2H3;4H,1-3H3. The predicted octanol–water partition coefficient (Wildman–Crippen LogP) is 4.78. The largest absolute Gasteiger partial charge is 0.0890 e. The molecule has 0 saturated heterocycles. The lowest BCUT2D eigenvalue weighted by molar-refractivity contribution is 1.10. The zero-order valence-electron chi connectivity index (χ0n) is 10.8. The Balaban J connectivity index is 0.000000336. The van der Waals surface area contributed by atoms with Crippen LogP contribution >= 0.6 is 0 Å². The maximum absolute atomic E-state index is 2.21. The minimum absolute atomic E-state index is 1.14. The van der Waals surface area contributed by atoms with E-state index < -0.39 is 0 Å². The molecule has 0 aliphatic heterocycles. The molecule has 0 heterocycles. The van der Waals surface area contributed by atoms with E-state index in [-0.39, 0.29) is 0 Å². The van der Waals surface area contributed by atoms with Gasteiger partial charge in [-0.2, -0.15) is 0 Å². The molecular weight excluding hydrogens is 180 g/mol. The van der Waals surface area contributed by atoms with Crippen LogP contribution in [0, 0.1) is 0 Å². The van der Waals surface area contributed by atoms with E-state index in [1.807, 2.05) is 6.92 Å². The second-order valence-electron chi connectivity index (χ2n) is 3.89. The zero-order valence-corrected chi connectivity index (χ0v) is 10.8. The van der Waals surface area contributed by atoms with Crippen molar-refractivity contribution in [2.75, 3.05) is 0 Å². The van der Waals surface area contributed by atoms with Crippen molar-refractivity contribution in [3.8, 4) is 0 Å². The average Bonchev–Trinajstić information content (AvgIpc) is 2.30. The minimum Gasteiger partial charge on any atom is -0.0890 e. The lowest BCUT2D eigenvalue weighted by Crippen LogP contribution is -1.81. The average molecular weight is 204 g/mol. The van der Waals surface area contributed by atoms with Gasteiger partial charge >= 0.3 is 0 Å². The molecule has 0 spiro atoms. The number of hydrogen-bond donors (Lipinski definition) is 0. The molecule has 0 heteroatoms. The third-order valence-electron chi connectivity index (χ3n) is 2.42. The predicted molar refractivity (Wildman–Crippen MR) is 70.3 cm³/mol. The van der Waals surface area contributed by atoms with Crippen LogP contribution in [0.4, 0.5) is 0 Å². The van der Waals surface area contributed by atoms with E-state index in [0.717, 1.165) is 12.8 Å². The van der Waals surface area contributed by atoms with Crippen LogP contribution in [0.25, 0.3) is 0 Å². The van der Waals surface area contributed by atoms with Gasteiger partial charge in [0.1, 0.15) is 0 Å². The summed E-state index contributed by atoms with van der Waals surface area (Å²) in [6, 6.07) is 8.83. The molecule has 0 saturated carbocycles. The van der Waals surface area contributed by atoms with Gasteiger partial charge in [0.2, 0.25) is 0 Å². The normalized spacial score (nSPS) is 8.87. The van der Waals surface area contributed by atoms with Gasteiger partial charge in [-0.3, -0.25) is 0 Å². The van der Waals surface area contributed by atoms with Crippen LogP contribution in [0.3, 0.4) is 0 Å². The first-order valence-corrected chi connectivity index (χ1v) is 5.81. The molecule has 0 aliphatic rings. The smallest absolute Gasteiger partial charge is 0.0307 e. The van der Waals surface area contributed by atoms with Crippen molar-refractivity contribution in [1.29, 1.82) is 0 Å². The van der Waals surface area contributed by atoms with Crippen LogP contribution in [0.1, 0.15) is 45.7 Å². The molecule has 0 atom stereocenters. The van der Waals surface area contributed by atoms with Gasteiger partial charge in [-0.25, -0.2) is 0 Å². The Labute approximate surface area is 95.0 Å². The Bertz CT molecular complexity index is 250. The summed E-state index contributed by atoms with van der Waals surface area (Å²) in [4.78, 5) is 0. The van der Waals surface area contributed by atoms with Crippen molar-refractivity contribution in [2.24, 2.45) is 0 Å². The van der Waals surface area contributed by atoms with E-state index in [0.29, 0.717) is 0 Å². The Morgan fingerprint density at radius 3 is 1.33 bits per heavy atom. The summed E-state index contributed by atoms with van der Waals surface area (Å²) >= 11 is 0. The van der Waals surface area contributed by atoms with Crippen molar-refractivity contribution >= 4 is 0 Å². The summed E-state index contributed by atoms with van der Waals surface area (Å²) in [5, 5.41) is 0.